The first kappa shape index (κ1) is 23.2. The van der Waals surface area contributed by atoms with Crippen molar-refractivity contribution < 1.29 is 18.4 Å². The number of likely N-dealkylation sites (tertiary alicyclic amines) is 1. The minimum atomic E-state index is -0.966. The van der Waals surface area contributed by atoms with Crippen LogP contribution in [0, 0.1) is 11.6 Å². The van der Waals surface area contributed by atoms with E-state index in [2.05, 4.69) is 15.5 Å². The Hall–Kier alpha value is -2.51. The summed E-state index contributed by atoms with van der Waals surface area (Å²) in [6.07, 6.45) is 2.08. The molecule has 1 saturated heterocycles. The van der Waals surface area contributed by atoms with Crippen LogP contribution in [0.4, 0.5) is 14.5 Å². The molecular weight excluding hydrogens is 424 g/mol. The number of hydrogen-bond acceptors (Lipinski definition) is 3. The number of hydrogen-bond donors (Lipinski definition) is 2. The van der Waals surface area contributed by atoms with Gasteiger partial charge in [-0.2, -0.15) is 0 Å². The highest BCUT2D eigenvalue weighted by Crippen LogP contribution is 2.35. The Kier molecular flexibility index (Phi) is 6.96. The lowest BCUT2D eigenvalue weighted by Gasteiger charge is -2.42. The molecular formula is C23H26ClF2N3O2. The first-order valence-corrected chi connectivity index (χ1v) is 10.6. The first-order valence-electron chi connectivity index (χ1n) is 10.2. The van der Waals surface area contributed by atoms with Crippen molar-refractivity contribution in [2.24, 2.45) is 0 Å². The summed E-state index contributed by atoms with van der Waals surface area (Å²) < 4.78 is 27.6. The number of halogens is 3. The molecule has 1 atom stereocenters. The van der Waals surface area contributed by atoms with Crippen LogP contribution in [0.25, 0.3) is 0 Å². The Labute approximate surface area is 185 Å². The van der Waals surface area contributed by atoms with Crippen LogP contribution in [0.1, 0.15) is 55.6 Å². The van der Waals surface area contributed by atoms with Gasteiger partial charge in [0.1, 0.15) is 0 Å². The van der Waals surface area contributed by atoms with E-state index in [1.54, 1.807) is 6.07 Å². The fourth-order valence-corrected chi connectivity index (χ4v) is 4.29. The maximum Gasteiger partial charge on any atom is 0.253 e. The van der Waals surface area contributed by atoms with E-state index >= 15 is 0 Å². The highest BCUT2D eigenvalue weighted by molar-refractivity contribution is 6.34. The lowest BCUT2D eigenvalue weighted by molar-refractivity contribution is -0.114. The van der Waals surface area contributed by atoms with E-state index in [9.17, 15) is 18.4 Å². The molecule has 0 radical (unpaired) electrons. The molecule has 1 unspecified atom stereocenters. The Balaban J connectivity index is 1.93. The number of carbonyl (C=O) groups is 2. The van der Waals surface area contributed by atoms with Gasteiger partial charge in [-0.15, -0.1) is 0 Å². The molecule has 2 amide bonds. The average molecular weight is 450 g/mol. The zero-order valence-corrected chi connectivity index (χ0v) is 18.5. The van der Waals surface area contributed by atoms with Crippen LogP contribution in [0.2, 0.25) is 5.02 Å². The fraction of sp³-hybridized carbons (Fsp3) is 0.391. The summed E-state index contributed by atoms with van der Waals surface area (Å²) in [5, 5.41) is 5.76. The molecule has 166 valence electrons. The van der Waals surface area contributed by atoms with Gasteiger partial charge in [0.05, 0.1) is 16.6 Å². The molecule has 31 heavy (non-hydrogen) atoms. The summed E-state index contributed by atoms with van der Waals surface area (Å²) >= 11 is 6.29. The van der Waals surface area contributed by atoms with Gasteiger partial charge in [-0.1, -0.05) is 17.7 Å². The van der Waals surface area contributed by atoms with Gasteiger partial charge in [-0.3, -0.25) is 14.5 Å². The van der Waals surface area contributed by atoms with E-state index in [1.807, 2.05) is 13.8 Å². The van der Waals surface area contributed by atoms with Crippen LogP contribution in [-0.2, 0) is 4.79 Å². The predicted octanol–water partition coefficient (Wildman–Crippen LogP) is 4.92. The number of nitrogens with one attached hydrogen (secondary N) is 2. The van der Waals surface area contributed by atoms with Gasteiger partial charge in [0.25, 0.3) is 5.91 Å². The fourth-order valence-electron chi connectivity index (χ4n) is 4.02. The predicted molar refractivity (Wildman–Crippen MR) is 117 cm³/mol. The van der Waals surface area contributed by atoms with Gasteiger partial charge in [0.2, 0.25) is 5.91 Å². The maximum absolute atomic E-state index is 14.0. The topological polar surface area (TPSA) is 61.4 Å². The van der Waals surface area contributed by atoms with Crippen LogP contribution in [0.3, 0.4) is 0 Å². The van der Waals surface area contributed by atoms with Crippen molar-refractivity contribution in [2.45, 2.75) is 45.2 Å². The third-order valence-electron chi connectivity index (χ3n) is 5.71. The number of benzene rings is 2. The lowest BCUT2D eigenvalue weighted by atomic mass is 9.86. The van der Waals surface area contributed by atoms with Gasteiger partial charge < -0.3 is 10.6 Å². The Bertz CT molecular complexity index is 991. The summed E-state index contributed by atoms with van der Waals surface area (Å²) in [5.41, 5.74) is 0.610. The largest absolute Gasteiger partial charge is 0.343 e. The third kappa shape index (κ3) is 5.22. The standard InChI is InChI=1S/C23H26ClF2N3O2/c1-14(30)27-16-7-8-17(18(24)13-16)22(31)28-21(15-6-9-19(25)20(26)12-15)23(2,3)29-10-4-5-11-29/h6-9,12-13,21H,4-5,10-11H2,1-3H3,(H,27,30)(H,28,31). The van der Waals surface area contributed by atoms with Crippen molar-refractivity contribution in [1.29, 1.82) is 0 Å². The second-order valence-electron chi connectivity index (χ2n) is 8.30. The van der Waals surface area contributed by atoms with Crippen molar-refractivity contribution in [3.8, 4) is 0 Å². The number of carbonyl (C=O) groups excluding carboxylic acids is 2. The third-order valence-corrected chi connectivity index (χ3v) is 6.03. The molecule has 0 aliphatic carbocycles. The summed E-state index contributed by atoms with van der Waals surface area (Å²) in [6, 6.07) is 7.67. The average Bonchev–Trinajstić information content (AvgIpc) is 3.23. The normalized spacial score (nSPS) is 15.5. The van der Waals surface area contributed by atoms with Crippen LogP contribution < -0.4 is 10.6 Å². The zero-order valence-electron chi connectivity index (χ0n) is 17.8. The Morgan fingerprint density at radius 3 is 2.32 bits per heavy atom. The molecule has 2 aromatic rings. The van der Waals surface area contributed by atoms with Crippen molar-refractivity contribution in [3.63, 3.8) is 0 Å². The molecule has 2 N–H and O–H groups in total. The van der Waals surface area contributed by atoms with Crippen LogP contribution >= 0.6 is 11.6 Å². The second-order valence-corrected chi connectivity index (χ2v) is 8.71. The van der Waals surface area contributed by atoms with Gasteiger partial charge in [0, 0.05) is 18.2 Å². The molecule has 2 aromatic carbocycles. The second kappa shape index (κ2) is 9.32. The summed E-state index contributed by atoms with van der Waals surface area (Å²) in [4.78, 5) is 26.6. The summed E-state index contributed by atoms with van der Waals surface area (Å²) in [5.74, 6) is -2.60. The van der Waals surface area contributed by atoms with Crippen LogP contribution in [0.15, 0.2) is 36.4 Å². The SMILES string of the molecule is CC(=O)Nc1ccc(C(=O)NC(c2ccc(F)c(F)c2)C(C)(C)N2CCCC2)c(Cl)c1. The molecule has 0 bridgehead atoms. The molecule has 0 saturated carbocycles. The van der Waals surface area contributed by atoms with Crippen molar-refractivity contribution in [1.82, 2.24) is 10.2 Å². The number of amides is 2. The molecule has 0 spiro atoms. The van der Waals surface area contributed by atoms with Crippen LogP contribution in [0.5, 0.6) is 0 Å². The molecule has 5 nitrogen and oxygen atoms in total. The van der Waals surface area contributed by atoms with E-state index in [0.29, 0.717) is 11.3 Å². The summed E-state index contributed by atoms with van der Waals surface area (Å²) in [7, 11) is 0. The van der Waals surface area contributed by atoms with Crippen molar-refractivity contribution in [3.05, 3.63) is 64.2 Å². The van der Waals surface area contributed by atoms with E-state index in [1.165, 1.54) is 25.1 Å². The molecule has 1 aliphatic rings. The van der Waals surface area contributed by atoms with E-state index < -0.39 is 29.1 Å². The monoisotopic (exact) mass is 449 g/mol. The molecule has 1 heterocycles. The molecule has 3 rings (SSSR count). The van der Waals surface area contributed by atoms with E-state index in [0.717, 1.165) is 38.1 Å². The van der Waals surface area contributed by atoms with E-state index in [4.69, 9.17) is 11.6 Å². The molecule has 0 aromatic heterocycles. The smallest absolute Gasteiger partial charge is 0.253 e. The Morgan fingerprint density at radius 2 is 1.74 bits per heavy atom. The minimum absolute atomic E-state index is 0.173. The Morgan fingerprint density at radius 1 is 1.06 bits per heavy atom. The zero-order chi connectivity index (χ0) is 22.8. The number of nitrogens with zero attached hydrogens (tertiary/aromatic N) is 1. The molecule has 1 aliphatic heterocycles. The minimum Gasteiger partial charge on any atom is -0.343 e. The van der Waals surface area contributed by atoms with Gasteiger partial charge in [-0.25, -0.2) is 8.78 Å². The summed E-state index contributed by atoms with van der Waals surface area (Å²) in [6.45, 7) is 7.05. The highest BCUT2D eigenvalue weighted by Gasteiger charge is 2.39. The highest BCUT2D eigenvalue weighted by atomic mass is 35.5. The number of rotatable bonds is 6. The first-order chi connectivity index (χ1) is 14.6. The molecule has 8 heteroatoms. The van der Waals surface area contributed by atoms with Crippen LogP contribution in [-0.4, -0.2) is 35.3 Å². The van der Waals surface area contributed by atoms with Gasteiger partial charge >= 0.3 is 0 Å². The van der Waals surface area contributed by atoms with Crippen molar-refractivity contribution in [2.75, 3.05) is 18.4 Å². The van der Waals surface area contributed by atoms with Crippen molar-refractivity contribution >= 4 is 29.1 Å². The maximum atomic E-state index is 14.0. The quantitative estimate of drug-likeness (QED) is 0.657. The van der Waals surface area contributed by atoms with Gasteiger partial charge in [-0.05, 0) is 75.7 Å². The lowest BCUT2D eigenvalue weighted by Crippen LogP contribution is -2.52. The molecule has 1 fully saturated rings. The number of anilines is 1. The van der Waals surface area contributed by atoms with E-state index in [-0.39, 0.29) is 16.5 Å². The van der Waals surface area contributed by atoms with Gasteiger partial charge in [0.15, 0.2) is 11.6 Å².